The van der Waals surface area contributed by atoms with E-state index >= 15 is 0 Å². The normalized spacial score (nSPS) is 12.3. The van der Waals surface area contributed by atoms with E-state index in [1.807, 2.05) is 97.1 Å². The van der Waals surface area contributed by atoms with Crippen molar-refractivity contribution in [1.29, 1.82) is 0 Å². The zero-order chi connectivity index (χ0) is 25.7. The van der Waals surface area contributed by atoms with Crippen molar-refractivity contribution in [1.82, 2.24) is 0 Å². The molecular formula is C32H30O4S. The Morgan fingerprint density at radius 3 is 1.19 bits per heavy atom. The van der Waals surface area contributed by atoms with Crippen LogP contribution in [0.25, 0.3) is 0 Å². The Kier molecular flexibility index (Phi) is 9.96. The van der Waals surface area contributed by atoms with E-state index in [1.165, 1.54) is 0 Å². The quantitative estimate of drug-likeness (QED) is 0.200. The number of hydrogen-bond acceptors (Lipinski definition) is 5. The topological polar surface area (TPSA) is 52.6 Å². The van der Waals surface area contributed by atoms with Gasteiger partial charge in [-0.3, -0.25) is 0 Å². The molecule has 0 aromatic heterocycles. The molecule has 0 saturated heterocycles. The number of rotatable bonds is 12. The summed E-state index contributed by atoms with van der Waals surface area (Å²) in [5, 5.41) is 0. The van der Waals surface area contributed by atoms with Gasteiger partial charge < -0.3 is 9.47 Å². The van der Waals surface area contributed by atoms with Gasteiger partial charge in [-0.1, -0.05) is 97.1 Å². The van der Waals surface area contributed by atoms with Crippen LogP contribution < -0.4 is 0 Å². The molecule has 5 heteroatoms. The first-order chi connectivity index (χ1) is 18.2. The van der Waals surface area contributed by atoms with Crippen molar-refractivity contribution in [2.45, 2.75) is 25.0 Å². The van der Waals surface area contributed by atoms with Crippen LogP contribution in [0.5, 0.6) is 0 Å². The molecule has 4 aromatic carbocycles. The summed E-state index contributed by atoms with van der Waals surface area (Å²) in [6, 6.07) is 38.1. The van der Waals surface area contributed by atoms with Crippen molar-refractivity contribution in [2.24, 2.45) is 0 Å². The number of benzene rings is 4. The molecule has 0 amide bonds. The van der Waals surface area contributed by atoms with Gasteiger partial charge in [-0.2, -0.15) is 11.8 Å². The first-order valence-corrected chi connectivity index (χ1v) is 13.5. The Bertz CT molecular complexity index is 1130. The molecule has 0 spiro atoms. The molecule has 0 heterocycles. The van der Waals surface area contributed by atoms with Gasteiger partial charge in [-0.15, -0.1) is 0 Å². The first-order valence-electron chi connectivity index (χ1n) is 12.3. The fraction of sp³-hybridized carbons (Fsp3) is 0.188. The van der Waals surface area contributed by atoms with E-state index in [2.05, 4.69) is 0 Å². The summed E-state index contributed by atoms with van der Waals surface area (Å²) in [5.74, 6) is 0.500. The van der Waals surface area contributed by atoms with Crippen LogP contribution in [0.2, 0.25) is 0 Å². The third-order valence-corrected chi connectivity index (χ3v) is 7.00. The molecule has 37 heavy (non-hydrogen) atoms. The fourth-order valence-electron chi connectivity index (χ4n) is 3.94. The lowest BCUT2D eigenvalue weighted by Gasteiger charge is -2.21. The lowest BCUT2D eigenvalue weighted by atomic mass is 10.1. The standard InChI is InChI=1S/C32H30O4S/c33-31(27-17-9-3-10-18-27)35-29(21-25-13-5-1-6-14-25)23-37-24-30(22-26-15-7-2-8-16-26)36-32(34)28-19-11-4-12-20-28/h1-20,29-30H,21-24H2. The van der Waals surface area contributed by atoms with Crippen LogP contribution >= 0.6 is 11.8 Å². The predicted octanol–water partition coefficient (Wildman–Crippen LogP) is 6.66. The Balaban J connectivity index is 1.42. The Labute approximate surface area is 222 Å². The minimum atomic E-state index is -0.335. The maximum Gasteiger partial charge on any atom is 0.338 e. The number of carbonyl (C=O) groups is 2. The van der Waals surface area contributed by atoms with E-state index in [9.17, 15) is 9.59 Å². The van der Waals surface area contributed by atoms with Crippen LogP contribution in [0.15, 0.2) is 121 Å². The molecule has 2 unspecified atom stereocenters. The zero-order valence-electron chi connectivity index (χ0n) is 20.6. The van der Waals surface area contributed by atoms with E-state index in [0.717, 1.165) is 11.1 Å². The fourth-order valence-corrected chi connectivity index (χ4v) is 4.98. The van der Waals surface area contributed by atoms with E-state index in [4.69, 9.17) is 9.47 Å². The summed E-state index contributed by atoms with van der Waals surface area (Å²) < 4.78 is 11.8. The predicted molar refractivity (Wildman–Crippen MR) is 149 cm³/mol. The van der Waals surface area contributed by atoms with Gasteiger partial charge in [0.25, 0.3) is 0 Å². The summed E-state index contributed by atoms with van der Waals surface area (Å²) in [4.78, 5) is 25.6. The van der Waals surface area contributed by atoms with Gasteiger partial charge in [0.2, 0.25) is 0 Å². The van der Waals surface area contributed by atoms with Crippen LogP contribution in [-0.4, -0.2) is 35.7 Å². The van der Waals surface area contributed by atoms with Crippen molar-refractivity contribution in [3.05, 3.63) is 144 Å². The van der Waals surface area contributed by atoms with Gasteiger partial charge in [0, 0.05) is 24.3 Å². The second-order valence-corrected chi connectivity index (χ2v) is 9.78. The molecular weight excluding hydrogens is 480 g/mol. The van der Waals surface area contributed by atoms with Crippen molar-refractivity contribution in [3.63, 3.8) is 0 Å². The second-order valence-electron chi connectivity index (χ2n) is 8.70. The Hall–Kier alpha value is -3.83. The molecule has 0 saturated carbocycles. The highest BCUT2D eigenvalue weighted by molar-refractivity contribution is 7.99. The average Bonchev–Trinajstić information content (AvgIpc) is 2.95. The third kappa shape index (κ3) is 8.65. The lowest BCUT2D eigenvalue weighted by molar-refractivity contribution is 0.0351. The van der Waals surface area contributed by atoms with Gasteiger partial charge in [-0.25, -0.2) is 9.59 Å². The van der Waals surface area contributed by atoms with Crippen LogP contribution in [0.4, 0.5) is 0 Å². The van der Waals surface area contributed by atoms with E-state index in [1.54, 1.807) is 36.0 Å². The van der Waals surface area contributed by atoms with Gasteiger partial charge >= 0.3 is 11.9 Å². The first kappa shape index (κ1) is 26.2. The lowest BCUT2D eigenvalue weighted by Crippen LogP contribution is -2.27. The number of ether oxygens (including phenoxy) is 2. The van der Waals surface area contributed by atoms with E-state index in [0.29, 0.717) is 35.5 Å². The Morgan fingerprint density at radius 2 is 0.838 bits per heavy atom. The molecule has 4 rings (SSSR count). The highest BCUT2D eigenvalue weighted by Crippen LogP contribution is 2.19. The molecule has 4 aromatic rings. The van der Waals surface area contributed by atoms with Crippen LogP contribution in [0.1, 0.15) is 31.8 Å². The van der Waals surface area contributed by atoms with E-state index < -0.39 is 0 Å². The SMILES string of the molecule is O=C(OC(CSCC(Cc1ccccc1)OC(=O)c1ccccc1)Cc1ccccc1)c1ccccc1. The largest absolute Gasteiger partial charge is 0.458 e. The van der Waals surface area contributed by atoms with Crippen molar-refractivity contribution < 1.29 is 19.1 Å². The molecule has 4 nitrogen and oxygen atoms in total. The summed E-state index contributed by atoms with van der Waals surface area (Å²) in [7, 11) is 0. The average molecular weight is 511 g/mol. The number of carbonyl (C=O) groups excluding carboxylic acids is 2. The summed E-state index contributed by atoms with van der Waals surface area (Å²) >= 11 is 1.63. The van der Waals surface area contributed by atoms with Crippen molar-refractivity contribution in [3.8, 4) is 0 Å². The highest BCUT2D eigenvalue weighted by atomic mass is 32.2. The summed E-state index contributed by atoms with van der Waals surface area (Å²) in [6.07, 6.45) is 0.587. The third-order valence-electron chi connectivity index (χ3n) is 5.79. The summed E-state index contributed by atoms with van der Waals surface area (Å²) in [5.41, 5.74) is 3.27. The summed E-state index contributed by atoms with van der Waals surface area (Å²) in [6.45, 7) is 0. The molecule has 0 fully saturated rings. The highest BCUT2D eigenvalue weighted by Gasteiger charge is 2.21. The maximum absolute atomic E-state index is 12.8. The molecule has 0 bridgehead atoms. The minimum absolute atomic E-state index is 0.317. The molecule has 0 aliphatic carbocycles. The molecule has 188 valence electrons. The van der Waals surface area contributed by atoms with Gasteiger partial charge in [0.1, 0.15) is 12.2 Å². The molecule has 0 aliphatic heterocycles. The molecule has 0 N–H and O–H groups in total. The van der Waals surface area contributed by atoms with Gasteiger partial charge in [0.05, 0.1) is 11.1 Å². The molecule has 0 radical (unpaired) electrons. The van der Waals surface area contributed by atoms with Crippen molar-refractivity contribution >= 4 is 23.7 Å². The van der Waals surface area contributed by atoms with Gasteiger partial charge in [0.15, 0.2) is 0 Å². The number of thioether (sulfide) groups is 1. The monoisotopic (exact) mass is 510 g/mol. The zero-order valence-corrected chi connectivity index (χ0v) is 21.4. The van der Waals surface area contributed by atoms with Crippen LogP contribution in [0.3, 0.4) is 0 Å². The maximum atomic E-state index is 12.8. The number of hydrogen-bond donors (Lipinski definition) is 0. The minimum Gasteiger partial charge on any atom is -0.458 e. The number of esters is 2. The van der Waals surface area contributed by atoms with Crippen molar-refractivity contribution in [2.75, 3.05) is 11.5 Å². The van der Waals surface area contributed by atoms with Crippen LogP contribution in [0, 0.1) is 0 Å². The van der Waals surface area contributed by atoms with Gasteiger partial charge in [-0.05, 0) is 35.4 Å². The second kappa shape index (κ2) is 14.0. The smallest absolute Gasteiger partial charge is 0.338 e. The van der Waals surface area contributed by atoms with E-state index in [-0.39, 0.29) is 24.1 Å². The Morgan fingerprint density at radius 1 is 0.514 bits per heavy atom. The molecule has 0 aliphatic rings. The van der Waals surface area contributed by atoms with Crippen LogP contribution in [-0.2, 0) is 22.3 Å². The molecule has 2 atom stereocenters.